The largest absolute Gasteiger partial charge is 0.497 e. The van der Waals surface area contributed by atoms with E-state index in [9.17, 15) is 14.4 Å². The summed E-state index contributed by atoms with van der Waals surface area (Å²) in [6, 6.07) is 18.4. The average Bonchev–Trinajstić information content (AvgIpc) is 2.90. The smallest absolute Gasteiger partial charge is 0.335 e. The number of nitrogens with one attached hydrogen (secondary N) is 1. The number of halogens is 1. The molecule has 1 aliphatic heterocycles. The van der Waals surface area contributed by atoms with Crippen molar-refractivity contribution < 1.29 is 28.6 Å². The summed E-state index contributed by atoms with van der Waals surface area (Å²) in [7, 11) is 1.53. The highest BCUT2D eigenvalue weighted by Gasteiger charge is 2.37. The zero-order valence-corrected chi connectivity index (χ0v) is 21.9. The number of hydrogen-bond donors (Lipinski definition) is 1. The summed E-state index contributed by atoms with van der Waals surface area (Å²) in [5.41, 5.74) is 1.52. The van der Waals surface area contributed by atoms with Crippen LogP contribution in [0.3, 0.4) is 0 Å². The fraction of sp³-hybridized carbons (Fsp3) is 0.179. The highest BCUT2D eigenvalue weighted by molar-refractivity contribution is 9.10. The Labute approximate surface area is 223 Å². The molecule has 9 heteroatoms. The molecule has 8 nitrogen and oxygen atoms in total. The van der Waals surface area contributed by atoms with Gasteiger partial charge in [0.2, 0.25) is 0 Å². The van der Waals surface area contributed by atoms with Gasteiger partial charge in [-0.3, -0.25) is 14.9 Å². The number of anilines is 1. The summed E-state index contributed by atoms with van der Waals surface area (Å²) in [4.78, 5) is 39.5. The minimum absolute atomic E-state index is 0.204. The normalized spacial score (nSPS) is 14.5. The second kappa shape index (κ2) is 11.7. The van der Waals surface area contributed by atoms with Gasteiger partial charge in [0.1, 0.15) is 29.4 Å². The number of imide groups is 2. The minimum Gasteiger partial charge on any atom is -0.497 e. The molecular formula is C28H25BrN2O6. The highest BCUT2D eigenvalue weighted by atomic mass is 79.9. The number of rotatable bonds is 9. The first-order chi connectivity index (χ1) is 17.9. The van der Waals surface area contributed by atoms with Crippen molar-refractivity contribution in [2.45, 2.75) is 20.0 Å². The molecule has 0 radical (unpaired) electrons. The van der Waals surface area contributed by atoms with Crippen molar-refractivity contribution in [3.05, 3.63) is 87.9 Å². The molecule has 1 fully saturated rings. The van der Waals surface area contributed by atoms with Gasteiger partial charge >= 0.3 is 6.03 Å². The third-order valence-electron chi connectivity index (χ3n) is 5.50. The van der Waals surface area contributed by atoms with Crippen LogP contribution in [0.15, 0.2) is 76.8 Å². The van der Waals surface area contributed by atoms with Crippen LogP contribution in [-0.2, 0) is 16.2 Å². The topological polar surface area (TPSA) is 94.2 Å². The van der Waals surface area contributed by atoms with Crippen LogP contribution in [0.25, 0.3) is 6.08 Å². The maximum atomic E-state index is 13.3. The molecule has 4 amide bonds. The third kappa shape index (κ3) is 6.18. The minimum atomic E-state index is -0.823. The molecule has 4 rings (SSSR count). The van der Waals surface area contributed by atoms with Crippen LogP contribution >= 0.6 is 15.9 Å². The van der Waals surface area contributed by atoms with E-state index in [-0.39, 0.29) is 12.2 Å². The first kappa shape index (κ1) is 26.0. The molecule has 0 saturated carbocycles. The second-order valence-corrected chi connectivity index (χ2v) is 9.03. The molecule has 37 heavy (non-hydrogen) atoms. The molecule has 0 bridgehead atoms. The molecule has 1 saturated heterocycles. The van der Waals surface area contributed by atoms with Gasteiger partial charge in [0.05, 0.1) is 19.4 Å². The van der Waals surface area contributed by atoms with Gasteiger partial charge in [-0.05, 0) is 66.6 Å². The molecule has 1 N–H and O–H groups in total. The Morgan fingerprint density at radius 2 is 1.62 bits per heavy atom. The molecule has 0 atom stereocenters. The standard InChI is InChI=1S/C28H25BrN2O6/c1-3-14-36-22-12-9-21(10-13-22)31-27(33)24(26(32)30-28(31)34)15-19-6-11-23(35-2)16-25(19)37-17-18-4-7-20(29)8-5-18/h4-13,15-16H,3,14,17H2,1-2H3,(H,30,32,34)/b24-15-. The molecule has 0 unspecified atom stereocenters. The lowest BCUT2D eigenvalue weighted by Crippen LogP contribution is -2.54. The Morgan fingerprint density at radius 3 is 2.30 bits per heavy atom. The van der Waals surface area contributed by atoms with E-state index in [0.717, 1.165) is 21.4 Å². The fourth-order valence-corrected chi connectivity index (χ4v) is 3.85. The van der Waals surface area contributed by atoms with Crippen LogP contribution in [-0.4, -0.2) is 31.6 Å². The lowest BCUT2D eigenvalue weighted by Gasteiger charge is -2.26. The second-order valence-electron chi connectivity index (χ2n) is 8.12. The van der Waals surface area contributed by atoms with Gasteiger partial charge in [-0.2, -0.15) is 0 Å². The zero-order chi connectivity index (χ0) is 26.4. The lowest BCUT2D eigenvalue weighted by atomic mass is 10.1. The van der Waals surface area contributed by atoms with Crippen LogP contribution < -0.4 is 24.4 Å². The van der Waals surface area contributed by atoms with Crippen molar-refractivity contribution in [1.29, 1.82) is 0 Å². The van der Waals surface area contributed by atoms with E-state index in [1.165, 1.54) is 13.2 Å². The van der Waals surface area contributed by atoms with E-state index >= 15 is 0 Å². The van der Waals surface area contributed by atoms with Crippen LogP contribution in [0.2, 0.25) is 0 Å². The van der Waals surface area contributed by atoms with Crippen molar-refractivity contribution in [1.82, 2.24) is 5.32 Å². The fourth-order valence-electron chi connectivity index (χ4n) is 3.59. The van der Waals surface area contributed by atoms with Crippen molar-refractivity contribution in [3.63, 3.8) is 0 Å². The number of carbonyl (C=O) groups is 3. The Kier molecular flexibility index (Phi) is 8.25. The predicted molar refractivity (Wildman–Crippen MR) is 143 cm³/mol. The number of hydrogen-bond acceptors (Lipinski definition) is 6. The van der Waals surface area contributed by atoms with Gasteiger partial charge in [0.25, 0.3) is 11.8 Å². The first-order valence-corrected chi connectivity index (χ1v) is 12.4. The van der Waals surface area contributed by atoms with Gasteiger partial charge in [0, 0.05) is 16.1 Å². The highest BCUT2D eigenvalue weighted by Crippen LogP contribution is 2.30. The Balaban J connectivity index is 1.63. The van der Waals surface area contributed by atoms with Crippen molar-refractivity contribution in [3.8, 4) is 17.2 Å². The Bertz CT molecular complexity index is 1340. The van der Waals surface area contributed by atoms with Crippen molar-refractivity contribution >= 4 is 45.5 Å². The summed E-state index contributed by atoms with van der Waals surface area (Å²) >= 11 is 3.41. The SMILES string of the molecule is CCCOc1ccc(N2C(=O)NC(=O)/C(=C/c3ccc(OC)cc3OCc3ccc(Br)cc3)C2=O)cc1. The van der Waals surface area contributed by atoms with Gasteiger partial charge in [-0.15, -0.1) is 0 Å². The molecule has 0 aromatic heterocycles. The molecule has 0 aliphatic carbocycles. The maximum Gasteiger partial charge on any atom is 0.335 e. The molecule has 190 valence electrons. The van der Waals surface area contributed by atoms with Crippen molar-refractivity contribution in [2.75, 3.05) is 18.6 Å². The van der Waals surface area contributed by atoms with E-state index in [1.807, 2.05) is 31.2 Å². The van der Waals surface area contributed by atoms with Gasteiger partial charge in [0.15, 0.2) is 0 Å². The number of nitrogens with zero attached hydrogens (tertiary/aromatic N) is 1. The summed E-state index contributed by atoms with van der Waals surface area (Å²) in [5, 5.41) is 2.24. The summed E-state index contributed by atoms with van der Waals surface area (Å²) in [6.45, 7) is 2.81. The number of benzene rings is 3. The molecule has 3 aromatic rings. The molecule has 1 aliphatic rings. The van der Waals surface area contributed by atoms with Crippen LogP contribution in [0.5, 0.6) is 17.2 Å². The predicted octanol–water partition coefficient (Wildman–Crippen LogP) is 5.49. The zero-order valence-electron chi connectivity index (χ0n) is 20.3. The Morgan fingerprint density at radius 1 is 0.919 bits per heavy atom. The van der Waals surface area contributed by atoms with Gasteiger partial charge in [-0.1, -0.05) is 35.0 Å². The molecule has 0 spiro atoms. The van der Waals surface area contributed by atoms with Gasteiger partial charge in [-0.25, -0.2) is 9.69 Å². The number of ether oxygens (including phenoxy) is 3. The number of methoxy groups -OCH3 is 1. The van der Waals surface area contributed by atoms with E-state index in [4.69, 9.17) is 14.2 Å². The number of carbonyl (C=O) groups excluding carboxylic acids is 3. The van der Waals surface area contributed by atoms with Gasteiger partial charge < -0.3 is 14.2 Å². The van der Waals surface area contributed by atoms with Crippen molar-refractivity contribution in [2.24, 2.45) is 0 Å². The third-order valence-corrected chi connectivity index (χ3v) is 6.03. The van der Waals surface area contributed by atoms with Crippen LogP contribution in [0.1, 0.15) is 24.5 Å². The lowest BCUT2D eigenvalue weighted by molar-refractivity contribution is -0.122. The van der Waals surface area contributed by atoms with E-state index in [1.54, 1.807) is 42.5 Å². The molecule has 1 heterocycles. The molecule has 3 aromatic carbocycles. The monoisotopic (exact) mass is 564 g/mol. The summed E-state index contributed by atoms with van der Waals surface area (Å²) < 4.78 is 17.9. The summed E-state index contributed by atoms with van der Waals surface area (Å²) in [5.74, 6) is 0.0494. The quantitative estimate of drug-likeness (QED) is 0.273. The number of barbiturate groups is 1. The van der Waals surface area contributed by atoms with E-state index < -0.39 is 17.8 Å². The number of urea groups is 1. The summed E-state index contributed by atoms with van der Waals surface area (Å²) in [6.07, 6.45) is 2.26. The number of amides is 4. The van der Waals surface area contributed by atoms with E-state index in [0.29, 0.717) is 35.1 Å². The van der Waals surface area contributed by atoms with E-state index in [2.05, 4.69) is 21.2 Å². The maximum absolute atomic E-state index is 13.3. The first-order valence-electron chi connectivity index (χ1n) is 11.6. The van der Waals surface area contributed by atoms with Crippen LogP contribution in [0, 0.1) is 0 Å². The molecular weight excluding hydrogens is 540 g/mol. The van der Waals surface area contributed by atoms with Crippen LogP contribution in [0.4, 0.5) is 10.5 Å². The average molecular weight is 565 g/mol. The Hall–Kier alpha value is -4.11.